The maximum atomic E-state index is 13.0. The number of aliphatic imine (C=N–C) groups is 1. The van der Waals surface area contributed by atoms with Crippen LogP contribution in [-0.4, -0.2) is 69.1 Å². The number of likely N-dealkylation sites (tertiary alicyclic amines) is 1. The molecule has 146 valence electrons. The second kappa shape index (κ2) is 11.1. The van der Waals surface area contributed by atoms with E-state index in [9.17, 15) is 9.50 Å². The molecule has 0 saturated carbocycles. The molecule has 1 aliphatic heterocycles. The van der Waals surface area contributed by atoms with E-state index in [1.54, 1.807) is 19.2 Å². The first kappa shape index (κ1) is 20.6. The summed E-state index contributed by atoms with van der Waals surface area (Å²) in [6.07, 6.45) is 0.304. The fraction of sp³-hybridized carbons (Fsp3) is 0.632. The smallest absolute Gasteiger partial charge is 0.194 e. The van der Waals surface area contributed by atoms with Crippen LogP contribution in [0.1, 0.15) is 25.0 Å². The highest BCUT2D eigenvalue weighted by molar-refractivity contribution is 5.80. The second-order valence-electron chi connectivity index (χ2n) is 6.43. The number of halogens is 1. The zero-order chi connectivity index (χ0) is 18.8. The van der Waals surface area contributed by atoms with Crippen molar-refractivity contribution in [2.75, 3.05) is 53.1 Å². The number of nitrogens with zero attached hydrogens (tertiary/aromatic N) is 2. The lowest BCUT2D eigenvalue weighted by Crippen LogP contribution is -2.40. The zero-order valence-corrected chi connectivity index (χ0v) is 15.7. The highest BCUT2D eigenvalue weighted by Crippen LogP contribution is 2.18. The van der Waals surface area contributed by atoms with Crippen LogP contribution in [0.25, 0.3) is 0 Å². The SMILES string of the molecule is CCNC(=NCC(O)c1ccc(F)cc1)N1CCC(COCCOC)C1. The molecule has 1 aromatic rings. The van der Waals surface area contributed by atoms with Gasteiger partial charge in [-0.2, -0.15) is 0 Å². The zero-order valence-electron chi connectivity index (χ0n) is 15.7. The molecule has 0 aromatic heterocycles. The molecule has 2 N–H and O–H groups in total. The third-order valence-electron chi connectivity index (χ3n) is 4.37. The minimum absolute atomic E-state index is 0.236. The van der Waals surface area contributed by atoms with E-state index in [0.29, 0.717) is 24.7 Å². The fourth-order valence-corrected chi connectivity index (χ4v) is 2.94. The molecule has 26 heavy (non-hydrogen) atoms. The highest BCUT2D eigenvalue weighted by atomic mass is 19.1. The third kappa shape index (κ3) is 6.55. The molecule has 1 aromatic carbocycles. The van der Waals surface area contributed by atoms with Gasteiger partial charge in [0, 0.05) is 32.7 Å². The molecular formula is C19H30FN3O3. The maximum absolute atomic E-state index is 13.0. The van der Waals surface area contributed by atoms with Crippen LogP contribution in [0.5, 0.6) is 0 Å². The van der Waals surface area contributed by atoms with Crippen molar-refractivity contribution in [2.24, 2.45) is 10.9 Å². The lowest BCUT2D eigenvalue weighted by molar-refractivity contribution is 0.0536. The van der Waals surface area contributed by atoms with Crippen molar-refractivity contribution in [3.63, 3.8) is 0 Å². The molecule has 2 rings (SSSR count). The van der Waals surface area contributed by atoms with E-state index in [1.165, 1.54) is 12.1 Å². The van der Waals surface area contributed by atoms with Crippen LogP contribution >= 0.6 is 0 Å². The lowest BCUT2D eigenvalue weighted by atomic mass is 10.1. The van der Waals surface area contributed by atoms with Gasteiger partial charge in [0.15, 0.2) is 5.96 Å². The topological polar surface area (TPSA) is 66.3 Å². The molecule has 1 heterocycles. The molecule has 7 heteroatoms. The van der Waals surface area contributed by atoms with Gasteiger partial charge in [0.05, 0.1) is 32.5 Å². The van der Waals surface area contributed by atoms with Gasteiger partial charge in [-0.3, -0.25) is 4.99 Å². The highest BCUT2D eigenvalue weighted by Gasteiger charge is 2.25. The summed E-state index contributed by atoms with van der Waals surface area (Å²) >= 11 is 0. The summed E-state index contributed by atoms with van der Waals surface area (Å²) in [7, 11) is 1.67. The molecule has 0 spiro atoms. The van der Waals surface area contributed by atoms with Gasteiger partial charge >= 0.3 is 0 Å². The Hall–Kier alpha value is -1.70. The van der Waals surface area contributed by atoms with Crippen molar-refractivity contribution >= 4 is 5.96 Å². The Bertz CT molecular complexity index is 553. The predicted molar refractivity (Wildman–Crippen MR) is 99.7 cm³/mol. The molecular weight excluding hydrogens is 337 g/mol. The van der Waals surface area contributed by atoms with E-state index in [0.717, 1.165) is 38.6 Å². The average molecular weight is 367 g/mol. The Morgan fingerprint density at radius 1 is 1.38 bits per heavy atom. The number of guanidine groups is 1. The predicted octanol–water partition coefficient (Wildman–Crippen LogP) is 1.81. The van der Waals surface area contributed by atoms with Crippen molar-refractivity contribution in [1.82, 2.24) is 10.2 Å². The Kier molecular flexibility index (Phi) is 8.80. The van der Waals surface area contributed by atoms with Crippen molar-refractivity contribution in [2.45, 2.75) is 19.4 Å². The van der Waals surface area contributed by atoms with Crippen molar-refractivity contribution in [1.29, 1.82) is 0 Å². The summed E-state index contributed by atoms with van der Waals surface area (Å²) in [6, 6.07) is 5.88. The van der Waals surface area contributed by atoms with E-state index < -0.39 is 6.10 Å². The van der Waals surface area contributed by atoms with Gasteiger partial charge in [-0.1, -0.05) is 12.1 Å². The van der Waals surface area contributed by atoms with E-state index >= 15 is 0 Å². The van der Waals surface area contributed by atoms with E-state index in [2.05, 4.69) is 15.2 Å². The molecule has 0 amide bonds. The molecule has 1 fully saturated rings. The minimum atomic E-state index is -0.750. The van der Waals surface area contributed by atoms with Crippen LogP contribution in [-0.2, 0) is 9.47 Å². The summed E-state index contributed by atoms with van der Waals surface area (Å²) in [5, 5.41) is 13.6. The number of rotatable bonds is 9. The number of benzene rings is 1. The van der Waals surface area contributed by atoms with Crippen molar-refractivity contribution in [3.05, 3.63) is 35.6 Å². The van der Waals surface area contributed by atoms with Crippen LogP contribution in [0.4, 0.5) is 4.39 Å². The molecule has 6 nitrogen and oxygen atoms in total. The Balaban J connectivity index is 1.87. The minimum Gasteiger partial charge on any atom is -0.386 e. The summed E-state index contributed by atoms with van der Waals surface area (Å²) in [6.45, 7) is 6.76. The number of aliphatic hydroxyl groups excluding tert-OH is 1. The van der Waals surface area contributed by atoms with Gasteiger partial charge in [-0.15, -0.1) is 0 Å². The average Bonchev–Trinajstić information content (AvgIpc) is 3.11. The summed E-state index contributed by atoms with van der Waals surface area (Å²) in [5.41, 5.74) is 0.664. The second-order valence-corrected chi connectivity index (χ2v) is 6.43. The van der Waals surface area contributed by atoms with Gasteiger partial charge in [-0.25, -0.2) is 4.39 Å². The van der Waals surface area contributed by atoms with Gasteiger partial charge < -0.3 is 24.8 Å². The number of hydrogen-bond acceptors (Lipinski definition) is 4. The molecule has 0 radical (unpaired) electrons. The Labute approximate surface area is 155 Å². The van der Waals surface area contributed by atoms with Gasteiger partial charge in [0.1, 0.15) is 5.82 Å². The van der Waals surface area contributed by atoms with Crippen LogP contribution in [0.2, 0.25) is 0 Å². The number of nitrogens with one attached hydrogen (secondary N) is 1. The summed E-state index contributed by atoms with van der Waals surface area (Å²) in [5.74, 6) is 0.958. The molecule has 1 aliphatic rings. The Morgan fingerprint density at radius 2 is 2.15 bits per heavy atom. The lowest BCUT2D eigenvalue weighted by Gasteiger charge is -2.22. The van der Waals surface area contributed by atoms with Crippen LogP contribution < -0.4 is 5.32 Å². The first-order chi connectivity index (χ1) is 12.6. The largest absolute Gasteiger partial charge is 0.386 e. The first-order valence-corrected chi connectivity index (χ1v) is 9.17. The van der Waals surface area contributed by atoms with Crippen LogP contribution in [0, 0.1) is 11.7 Å². The standard InChI is InChI=1S/C19H30FN3O3/c1-3-21-19(22-12-18(24)16-4-6-17(20)7-5-16)23-9-8-15(13-23)14-26-11-10-25-2/h4-7,15,18,24H,3,8-14H2,1-2H3,(H,21,22). The number of aliphatic hydroxyl groups is 1. The van der Waals surface area contributed by atoms with Crippen LogP contribution in [0.15, 0.2) is 29.3 Å². The fourth-order valence-electron chi connectivity index (χ4n) is 2.94. The normalized spacial score (nSPS) is 19.0. The van der Waals surface area contributed by atoms with E-state index in [-0.39, 0.29) is 12.4 Å². The monoisotopic (exact) mass is 367 g/mol. The van der Waals surface area contributed by atoms with Gasteiger partial charge in [0.2, 0.25) is 0 Å². The quantitative estimate of drug-likeness (QED) is 0.396. The molecule has 1 saturated heterocycles. The number of hydrogen-bond donors (Lipinski definition) is 2. The van der Waals surface area contributed by atoms with Crippen molar-refractivity contribution < 1.29 is 19.0 Å². The molecule has 0 aliphatic carbocycles. The van der Waals surface area contributed by atoms with Gasteiger partial charge in [-0.05, 0) is 31.0 Å². The molecule has 0 bridgehead atoms. The molecule has 2 atom stereocenters. The van der Waals surface area contributed by atoms with Gasteiger partial charge in [0.25, 0.3) is 0 Å². The molecule has 2 unspecified atom stereocenters. The summed E-state index contributed by atoms with van der Waals surface area (Å²) < 4.78 is 23.6. The Morgan fingerprint density at radius 3 is 2.85 bits per heavy atom. The van der Waals surface area contributed by atoms with Crippen LogP contribution in [0.3, 0.4) is 0 Å². The number of ether oxygens (including phenoxy) is 2. The number of methoxy groups -OCH3 is 1. The first-order valence-electron chi connectivity index (χ1n) is 9.17. The maximum Gasteiger partial charge on any atom is 0.194 e. The third-order valence-corrected chi connectivity index (χ3v) is 4.37. The summed E-state index contributed by atoms with van der Waals surface area (Å²) in [4.78, 5) is 6.76. The van der Waals surface area contributed by atoms with Crippen molar-refractivity contribution in [3.8, 4) is 0 Å². The van der Waals surface area contributed by atoms with E-state index in [4.69, 9.17) is 9.47 Å². The van der Waals surface area contributed by atoms with E-state index in [1.807, 2.05) is 6.92 Å².